The summed E-state index contributed by atoms with van der Waals surface area (Å²) in [7, 11) is 0. The van der Waals surface area contributed by atoms with Gasteiger partial charge in [-0.05, 0) is 5.56 Å². The molecule has 2 nitrogen and oxygen atoms in total. The second-order valence-electron chi connectivity index (χ2n) is 3.29. The predicted molar refractivity (Wildman–Crippen MR) is 63.1 cm³/mol. The number of hydrogen-bond acceptors (Lipinski definition) is 3. The summed E-state index contributed by atoms with van der Waals surface area (Å²) in [6.45, 7) is 0. The summed E-state index contributed by atoms with van der Waals surface area (Å²) in [5, 5.41) is 11.3. The minimum atomic E-state index is -0.540. The Bertz CT molecular complexity index is 476. The standard InChI is InChI=1S/C12H10FNOS/c13-11(8-15)7-9-1-3-10(4-2-9)12-14-5-6-16-12/h1-6,8,15H,7H2/b11-8-. The van der Waals surface area contributed by atoms with Crippen LogP contribution in [0.15, 0.2) is 47.9 Å². The van der Waals surface area contributed by atoms with Crippen LogP contribution in [-0.4, -0.2) is 10.1 Å². The van der Waals surface area contributed by atoms with Crippen LogP contribution in [0.3, 0.4) is 0 Å². The Hall–Kier alpha value is -1.68. The van der Waals surface area contributed by atoms with E-state index in [9.17, 15) is 4.39 Å². The molecule has 0 radical (unpaired) electrons. The third-order valence-corrected chi connectivity index (χ3v) is 2.97. The molecule has 0 aliphatic rings. The number of benzene rings is 1. The Morgan fingerprint density at radius 2 is 2.12 bits per heavy atom. The largest absolute Gasteiger partial charge is 0.513 e. The third-order valence-electron chi connectivity index (χ3n) is 2.15. The number of aromatic nitrogens is 1. The number of hydrogen-bond donors (Lipinski definition) is 1. The SMILES string of the molecule is O/C=C(\F)Cc1ccc(-c2nccs2)cc1. The number of nitrogens with zero attached hydrogens (tertiary/aromatic N) is 1. The summed E-state index contributed by atoms with van der Waals surface area (Å²) >= 11 is 1.56. The molecule has 0 aliphatic carbocycles. The molecule has 2 rings (SSSR count). The van der Waals surface area contributed by atoms with Gasteiger partial charge in [-0.25, -0.2) is 9.37 Å². The van der Waals surface area contributed by atoms with Gasteiger partial charge in [-0.3, -0.25) is 0 Å². The first-order valence-electron chi connectivity index (χ1n) is 4.77. The van der Waals surface area contributed by atoms with E-state index in [0.717, 1.165) is 16.1 Å². The summed E-state index contributed by atoms with van der Waals surface area (Å²) in [6.07, 6.45) is 2.37. The van der Waals surface area contributed by atoms with Crippen molar-refractivity contribution in [3.8, 4) is 10.6 Å². The van der Waals surface area contributed by atoms with Gasteiger partial charge >= 0.3 is 0 Å². The Labute approximate surface area is 96.7 Å². The maximum atomic E-state index is 12.8. The molecule has 0 unspecified atom stereocenters. The Kier molecular flexibility index (Phi) is 3.31. The minimum absolute atomic E-state index is 0.120. The highest BCUT2D eigenvalue weighted by Gasteiger charge is 2.02. The second kappa shape index (κ2) is 4.90. The molecule has 82 valence electrons. The molecular formula is C12H10FNOS. The Morgan fingerprint density at radius 3 is 2.69 bits per heavy atom. The molecule has 1 aromatic heterocycles. The zero-order valence-corrected chi connectivity index (χ0v) is 9.25. The molecular weight excluding hydrogens is 225 g/mol. The Balaban J connectivity index is 2.17. The highest BCUT2D eigenvalue weighted by molar-refractivity contribution is 7.13. The number of thiazole rings is 1. The first kappa shape index (κ1) is 10.8. The fraction of sp³-hybridized carbons (Fsp3) is 0.0833. The molecule has 16 heavy (non-hydrogen) atoms. The number of aliphatic hydroxyl groups is 1. The molecule has 0 bridgehead atoms. The van der Waals surface area contributed by atoms with E-state index in [1.165, 1.54) is 0 Å². The van der Waals surface area contributed by atoms with E-state index in [1.807, 2.05) is 29.6 Å². The van der Waals surface area contributed by atoms with Crippen molar-refractivity contribution in [3.63, 3.8) is 0 Å². The zero-order valence-electron chi connectivity index (χ0n) is 8.43. The maximum Gasteiger partial charge on any atom is 0.138 e. The predicted octanol–water partition coefficient (Wildman–Crippen LogP) is 3.72. The lowest BCUT2D eigenvalue weighted by atomic mass is 10.1. The molecule has 0 atom stereocenters. The first-order chi connectivity index (χ1) is 7.79. The van der Waals surface area contributed by atoms with Crippen molar-refractivity contribution in [2.45, 2.75) is 6.42 Å². The van der Waals surface area contributed by atoms with Gasteiger partial charge in [0.05, 0.1) is 0 Å². The normalized spacial score (nSPS) is 11.7. The van der Waals surface area contributed by atoms with Gasteiger partial charge in [0.1, 0.15) is 17.1 Å². The molecule has 2 aromatic rings. The fourth-order valence-electron chi connectivity index (χ4n) is 1.37. The molecule has 1 aromatic carbocycles. The summed E-state index contributed by atoms with van der Waals surface area (Å²) in [5.41, 5.74) is 1.84. The molecule has 1 heterocycles. The topological polar surface area (TPSA) is 33.1 Å². The van der Waals surface area contributed by atoms with Crippen LogP contribution in [0.5, 0.6) is 0 Å². The van der Waals surface area contributed by atoms with Gasteiger partial charge in [-0.2, -0.15) is 0 Å². The van der Waals surface area contributed by atoms with Crippen molar-refractivity contribution in [3.05, 3.63) is 53.5 Å². The van der Waals surface area contributed by atoms with Crippen molar-refractivity contribution in [1.82, 2.24) is 4.98 Å². The summed E-state index contributed by atoms with van der Waals surface area (Å²) in [6, 6.07) is 7.47. The quantitative estimate of drug-likeness (QED) is 0.822. The molecule has 0 fully saturated rings. The van der Waals surface area contributed by atoms with E-state index in [1.54, 1.807) is 17.5 Å². The van der Waals surface area contributed by atoms with Gasteiger partial charge in [-0.1, -0.05) is 24.3 Å². The summed E-state index contributed by atoms with van der Waals surface area (Å²) in [4.78, 5) is 4.19. The van der Waals surface area contributed by atoms with Crippen molar-refractivity contribution >= 4 is 11.3 Å². The van der Waals surface area contributed by atoms with Crippen LogP contribution in [0.1, 0.15) is 5.56 Å². The molecule has 4 heteroatoms. The van der Waals surface area contributed by atoms with Gasteiger partial charge in [0.15, 0.2) is 0 Å². The van der Waals surface area contributed by atoms with Crippen LogP contribution in [-0.2, 0) is 6.42 Å². The highest BCUT2D eigenvalue weighted by Crippen LogP contribution is 2.22. The van der Waals surface area contributed by atoms with E-state index in [4.69, 9.17) is 5.11 Å². The van der Waals surface area contributed by atoms with Gasteiger partial charge < -0.3 is 5.11 Å². The van der Waals surface area contributed by atoms with Crippen LogP contribution in [0.2, 0.25) is 0 Å². The van der Waals surface area contributed by atoms with Crippen LogP contribution in [0, 0.1) is 0 Å². The van der Waals surface area contributed by atoms with Crippen LogP contribution < -0.4 is 0 Å². The van der Waals surface area contributed by atoms with Crippen LogP contribution in [0.4, 0.5) is 4.39 Å². The van der Waals surface area contributed by atoms with Crippen molar-refractivity contribution < 1.29 is 9.50 Å². The first-order valence-corrected chi connectivity index (χ1v) is 5.65. The van der Waals surface area contributed by atoms with Crippen molar-refractivity contribution in [2.24, 2.45) is 0 Å². The smallest absolute Gasteiger partial charge is 0.138 e. The Morgan fingerprint density at radius 1 is 1.38 bits per heavy atom. The summed E-state index contributed by atoms with van der Waals surface area (Å²) in [5.74, 6) is -0.540. The monoisotopic (exact) mass is 235 g/mol. The second-order valence-corrected chi connectivity index (χ2v) is 4.18. The van der Waals surface area contributed by atoms with E-state index >= 15 is 0 Å². The lowest BCUT2D eigenvalue weighted by Crippen LogP contribution is -1.86. The zero-order chi connectivity index (χ0) is 11.4. The van der Waals surface area contributed by atoms with E-state index in [-0.39, 0.29) is 6.42 Å². The maximum absolute atomic E-state index is 12.8. The van der Waals surface area contributed by atoms with Crippen molar-refractivity contribution in [2.75, 3.05) is 0 Å². The number of aliphatic hydroxyl groups excluding tert-OH is 1. The number of rotatable bonds is 3. The average Bonchev–Trinajstić information content (AvgIpc) is 2.83. The van der Waals surface area contributed by atoms with Gasteiger partial charge in [0.25, 0.3) is 0 Å². The fourth-order valence-corrected chi connectivity index (χ4v) is 2.02. The minimum Gasteiger partial charge on any atom is -0.513 e. The van der Waals surface area contributed by atoms with E-state index in [2.05, 4.69) is 4.98 Å². The van der Waals surface area contributed by atoms with Gasteiger partial charge in [0, 0.05) is 23.6 Å². The van der Waals surface area contributed by atoms with Crippen molar-refractivity contribution in [1.29, 1.82) is 0 Å². The third kappa shape index (κ3) is 2.46. The lowest BCUT2D eigenvalue weighted by Gasteiger charge is -2.00. The lowest BCUT2D eigenvalue weighted by molar-refractivity contribution is 0.435. The molecule has 0 amide bonds. The number of allylic oxidation sites excluding steroid dienone is 1. The molecule has 0 saturated carbocycles. The number of halogens is 1. The molecule has 1 N–H and O–H groups in total. The highest BCUT2D eigenvalue weighted by atomic mass is 32.1. The van der Waals surface area contributed by atoms with Gasteiger partial charge in [0.2, 0.25) is 0 Å². The molecule has 0 aliphatic heterocycles. The molecule has 0 spiro atoms. The van der Waals surface area contributed by atoms with Crippen LogP contribution in [0.25, 0.3) is 10.6 Å². The average molecular weight is 235 g/mol. The summed E-state index contributed by atoms with van der Waals surface area (Å²) < 4.78 is 12.8. The van der Waals surface area contributed by atoms with E-state index in [0.29, 0.717) is 6.26 Å². The van der Waals surface area contributed by atoms with E-state index < -0.39 is 5.83 Å². The van der Waals surface area contributed by atoms with Gasteiger partial charge in [-0.15, -0.1) is 11.3 Å². The van der Waals surface area contributed by atoms with Crippen LogP contribution >= 0.6 is 11.3 Å². The molecule has 0 saturated heterocycles.